The summed E-state index contributed by atoms with van der Waals surface area (Å²) in [6.07, 6.45) is -0.189. The Bertz CT molecular complexity index is 1160. The predicted octanol–water partition coefficient (Wildman–Crippen LogP) is 3.93. The summed E-state index contributed by atoms with van der Waals surface area (Å²) in [7, 11) is 1.62. The predicted molar refractivity (Wildman–Crippen MR) is 104 cm³/mol. The molecule has 0 fully saturated rings. The van der Waals surface area contributed by atoms with Crippen LogP contribution in [0.1, 0.15) is 17.4 Å². The molecule has 0 unspecified atom stereocenters. The molecule has 0 amide bonds. The smallest absolute Gasteiger partial charge is 0.258 e. The summed E-state index contributed by atoms with van der Waals surface area (Å²) in [5.41, 5.74) is 3.07. The zero-order valence-corrected chi connectivity index (χ0v) is 16.2. The molecule has 0 N–H and O–H groups in total. The normalized spacial score (nSPS) is 15.9. The molecule has 146 valence electrons. The van der Waals surface area contributed by atoms with E-state index in [2.05, 4.69) is 20.5 Å². The van der Waals surface area contributed by atoms with Gasteiger partial charge in [0, 0.05) is 16.1 Å². The Morgan fingerprint density at radius 1 is 1.14 bits per heavy atom. The first kappa shape index (κ1) is 17.8. The monoisotopic (exact) mass is 409 g/mol. The van der Waals surface area contributed by atoms with Gasteiger partial charge in [0.1, 0.15) is 11.9 Å². The molecule has 8 nitrogen and oxygen atoms in total. The van der Waals surface area contributed by atoms with Crippen molar-refractivity contribution in [2.24, 2.45) is 0 Å². The first-order valence-electron chi connectivity index (χ1n) is 9.00. The molecule has 1 aliphatic rings. The molecule has 0 aliphatic carbocycles. The van der Waals surface area contributed by atoms with Crippen LogP contribution in [0.5, 0.6) is 5.75 Å². The Morgan fingerprint density at radius 2 is 1.97 bits per heavy atom. The van der Waals surface area contributed by atoms with Crippen molar-refractivity contribution in [1.29, 1.82) is 0 Å². The van der Waals surface area contributed by atoms with Crippen molar-refractivity contribution in [3.05, 3.63) is 64.8 Å². The zero-order chi connectivity index (χ0) is 19.8. The van der Waals surface area contributed by atoms with Gasteiger partial charge in [0.05, 0.1) is 26.0 Å². The molecule has 0 spiro atoms. The average Bonchev–Trinajstić information content (AvgIpc) is 3.41. The lowest BCUT2D eigenvalue weighted by molar-refractivity contribution is -0.00106. The minimum absolute atomic E-state index is 0.189. The summed E-state index contributed by atoms with van der Waals surface area (Å²) < 4.78 is 18.4. The van der Waals surface area contributed by atoms with Gasteiger partial charge in [-0.2, -0.15) is 4.98 Å². The molecule has 0 radical (unpaired) electrons. The van der Waals surface area contributed by atoms with E-state index in [1.807, 2.05) is 48.5 Å². The summed E-state index contributed by atoms with van der Waals surface area (Å²) in [6.45, 7) is 0.833. The number of hydrogen-bond acceptors (Lipinski definition) is 7. The van der Waals surface area contributed by atoms with Gasteiger partial charge >= 0.3 is 0 Å². The third-order valence-corrected chi connectivity index (χ3v) is 5.17. The Balaban J connectivity index is 1.41. The molecule has 2 aromatic carbocycles. The maximum absolute atomic E-state index is 6.30. The molecule has 3 heterocycles. The maximum Gasteiger partial charge on any atom is 0.258 e. The van der Waals surface area contributed by atoms with E-state index in [-0.39, 0.29) is 6.10 Å². The molecule has 4 aromatic rings. The number of halogens is 1. The van der Waals surface area contributed by atoms with Crippen LogP contribution < -0.4 is 4.74 Å². The highest BCUT2D eigenvalue weighted by atomic mass is 35.5. The van der Waals surface area contributed by atoms with Crippen LogP contribution in [0.3, 0.4) is 0 Å². The highest BCUT2D eigenvalue weighted by Crippen LogP contribution is 2.33. The van der Waals surface area contributed by atoms with E-state index in [0.717, 1.165) is 22.6 Å². The highest BCUT2D eigenvalue weighted by Gasteiger charge is 2.28. The lowest BCUT2D eigenvalue weighted by Gasteiger charge is -2.24. The van der Waals surface area contributed by atoms with Crippen LogP contribution in [0.15, 0.2) is 53.1 Å². The van der Waals surface area contributed by atoms with Crippen molar-refractivity contribution in [3.8, 4) is 28.7 Å². The molecule has 1 atom stereocenters. The van der Waals surface area contributed by atoms with E-state index in [0.29, 0.717) is 35.6 Å². The van der Waals surface area contributed by atoms with Gasteiger partial charge in [0.25, 0.3) is 5.89 Å². The molecule has 0 saturated carbocycles. The van der Waals surface area contributed by atoms with E-state index in [1.54, 1.807) is 11.8 Å². The molecular weight excluding hydrogens is 394 g/mol. The van der Waals surface area contributed by atoms with Crippen LogP contribution in [0.25, 0.3) is 23.0 Å². The SMILES string of the molecule is COc1ccc(-c2nc(-c3nnn4c3CO[C@@H](c3ccccc3Cl)C4)no2)cc1. The molecular formula is C20H16ClN5O3. The van der Waals surface area contributed by atoms with Crippen LogP contribution in [-0.4, -0.2) is 32.2 Å². The number of ether oxygens (including phenoxy) is 2. The molecule has 0 saturated heterocycles. The molecule has 2 aromatic heterocycles. The summed E-state index contributed by atoms with van der Waals surface area (Å²) in [4.78, 5) is 4.47. The lowest BCUT2D eigenvalue weighted by atomic mass is 10.1. The van der Waals surface area contributed by atoms with Gasteiger partial charge in [-0.25, -0.2) is 4.68 Å². The van der Waals surface area contributed by atoms with Crippen LogP contribution in [-0.2, 0) is 17.9 Å². The quantitative estimate of drug-likeness (QED) is 0.504. The fourth-order valence-electron chi connectivity index (χ4n) is 3.28. The Hall–Kier alpha value is -3.23. The molecule has 9 heteroatoms. The van der Waals surface area contributed by atoms with Gasteiger partial charge < -0.3 is 14.0 Å². The van der Waals surface area contributed by atoms with E-state index in [1.165, 1.54) is 0 Å². The third kappa shape index (κ3) is 3.26. The topological polar surface area (TPSA) is 88.1 Å². The van der Waals surface area contributed by atoms with Gasteiger partial charge in [-0.1, -0.05) is 40.2 Å². The van der Waals surface area contributed by atoms with Crippen molar-refractivity contribution in [3.63, 3.8) is 0 Å². The van der Waals surface area contributed by atoms with Gasteiger partial charge in [0.15, 0.2) is 5.69 Å². The zero-order valence-electron chi connectivity index (χ0n) is 15.4. The summed E-state index contributed by atoms with van der Waals surface area (Å²) in [5, 5.41) is 13.2. The van der Waals surface area contributed by atoms with E-state index < -0.39 is 0 Å². The van der Waals surface area contributed by atoms with Crippen LogP contribution in [0.2, 0.25) is 5.02 Å². The van der Waals surface area contributed by atoms with Crippen molar-refractivity contribution in [2.75, 3.05) is 7.11 Å². The maximum atomic E-state index is 6.30. The minimum atomic E-state index is -0.189. The van der Waals surface area contributed by atoms with Crippen molar-refractivity contribution < 1.29 is 14.0 Å². The largest absolute Gasteiger partial charge is 0.497 e. The second-order valence-electron chi connectivity index (χ2n) is 6.54. The number of benzene rings is 2. The van der Waals surface area contributed by atoms with Crippen molar-refractivity contribution >= 4 is 11.6 Å². The fourth-order valence-corrected chi connectivity index (χ4v) is 3.54. The minimum Gasteiger partial charge on any atom is -0.497 e. The molecule has 5 rings (SSSR count). The summed E-state index contributed by atoms with van der Waals surface area (Å²) in [5.74, 6) is 1.53. The first-order valence-corrected chi connectivity index (χ1v) is 9.37. The van der Waals surface area contributed by atoms with Gasteiger partial charge in [-0.15, -0.1) is 5.10 Å². The second-order valence-corrected chi connectivity index (χ2v) is 6.95. The number of rotatable bonds is 4. The van der Waals surface area contributed by atoms with E-state index in [9.17, 15) is 0 Å². The number of fused-ring (bicyclic) bond motifs is 1. The highest BCUT2D eigenvalue weighted by molar-refractivity contribution is 6.31. The molecule has 1 aliphatic heterocycles. The molecule has 0 bridgehead atoms. The third-order valence-electron chi connectivity index (χ3n) is 4.82. The fraction of sp³-hybridized carbons (Fsp3) is 0.200. The number of hydrogen-bond donors (Lipinski definition) is 0. The van der Waals surface area contributed by atoms with E-state index in [4.69, 9.17) is 25.6 Å². The number of nitrogens with zero attached hydrogens (tertiary/aromatic N) is 5. The van der Waals surface area contributed by atoms with Crippen LogP contribution >= 0.6 is 11.6 Å². The second kappa shape index (κ2) is 7.31. The summed E-state index contributed by atoms with van der Waals surface area (Å²) in [6, 6.07) is 15.0. The van der Waals surface area contributed by atoms with Crippen molar-refractivity contribution in [2.45, 2.75) is 19.3 Å². The Morgan fingerprint density at radius 3 is 2.76 bits per heavy atom. The number of aromatic nitrogens is 5. The summed E-state index contributed by atoms with van der Waals surface area (Å²) >= 11 is 6.30. The van der Waals surface area contributed by atoms with Gasteiger partial charge in [-0.05, 0) is 30.3 Å². The van der Waals surface area contributed by atoms with Crippen LogP contribution in [0.4, 0.5) is 0 Å². The lowest BCUT2D eigenvalue weighted by Crippen LogP contribution is -2.22. The Labute approximate surface area is 171 Å². The first-order chi connectivity index (χ1) is 14.2. The number of methoxy groups -OCH3 is 1. The van der Waals surface area contributed by atoms with Crippen LogP contribution in [0, 0.1) is 0 Å². The Kier molecular flexibility index (Phi) is 4.49. The standard InChI is InChI=1S/C20H16ClN5O3/c1-27-13-8-6-12(7-9-13)20-22-19(24-29-20)18-16-11-28-17(10-26(16)25-23-18)14-4-2-3-5-15(14)21/h2-9,17H,10-11H2,1H3/t17-/m1/s1. The molecule has 29 heavy (non-hydrogen) atoms. The van der Waals surface area contributed by atoms with Gasteiger partial charge in [0.2, 0.25) is 5.82 Å². The average molecular weight is 410 g/mol. The van der Waals surface area contributed by atoms with Crippen molar-refractivity contribution in [1.82, 2.24) is 25.1 Å². The van der Waals surface area contributed by atoms with Gasteiger partial charge in [-0.3, -0.25) is 0 Å². The van der Waals surface area contributed by atoms with E-state index >= 15 is 0 Å².